The van der Waals surface area contributed by atoms with E-state index in [-0.39, 0.29) is 23.4 Å². The van der Waals surface area contributed by atoms with Crippen LogP contribution in [0.15, 0.2) is 29.6 Å². The van der Waals surface area contributed by atoms with Crippen molar-refractivity contribution in [2.75, 3.05) is 13.7 Å². The lowest BCUT2D eigenvalue weighted by Crippen LogP contribution is -2.21. The molecule has 0 saturated carbocycles. The number of carbonyl (C=O) groups is 2. The first kappa shape index (κ1) is 20.3. The maximum absolute atomic E-state index is 11.9. The highest BCUT2D eigenvalue weighted by Crippen LogP contribution is 2.22. The molecule has 0 spiro atoms. The lowest BCUT2D eigenvalue weighted by molar-refractivity contribution is -0.117. The van der Waals surface area contributed by atoms with Crippen LogP contribution in [0.2, 0.25) is 0 Å². The highest BCUT2D eigenvalue weighted by molar-refractivity contribution is 5.86. The maximum Gasteiger partial charge on any atom is 0.358 e. The Balaban J connectivity index is 0.000000465. The number of nitrogens with zero attached hydrogens (tertiary/aromatic N) is 4. The molecule has 1 saturated heterocycles. The van der Waals surface area contributed by atoms with Crippen molar-refractivity contribution in [3.63, 3.8) is 0 Å². The molecular formula is C17H23N5O5. The summed E-state index contributed by atoms with van der Waals surface area (Å²) in [5.41, 5.74) is 4.91. The summed E-state index contributed by atoms with van der Waals surface area (Å²) in [4.78, 5) is 36.8. The Labute approximate surface area is 155 Å². The zero-order valence-corrected chi connectivity index (χ0v) is 15.3. The molecule has 1 aliphatic heterocycles. The standard InChI is InChI=1S/C14H16N4O4.C3H7NO/c1-21-14(20)11-9-17(12(19)7-15-11)10-6-16-18(8-10)13-4-2-3-5-22-13;1-2-3(4)5/h6-9,13H,2-5H2,1H3;2H2,1H3,(H2,4,5). The van der Waals surface area contributed by atoms with Crippen LogP contribution < -0.4 is 11.3 Å². The molecule has 1 aliphatic rings. The minimum atomic E-state index is -0.600. The summed E-state index contributed by atoms with van der Waals surface area (Å²) in [6.45, 7) is 2.43. The van der Waals surface area contributed by atoms with Crippen molar-refractivity contribution in [3.8, 4) is 5.69 Å². The number of amides is 1. The largest absolute Gasteiger partial charge is 0.464 e. The summed E-state index contributed by atoms with van der Waals surface area (Å²) in [6.07, 6.45) is 9.06. The molecule has 0 aromatic carbocycles. The maximum atomic E-state index is 11.9. The number of methoxy groups -OCH3 is 1. The van der Waals surface area contributed by atoms with Crippen molar-refractivity contribution in [1.29, 1.82) is 0 Å². The number of hydrogen-bond acceptors (Lipinski definition) is 7. The molecule has 3 rings (SSSR count). The molecule has 146 valence electrons. The summed E-state index contributed by atoms with van der Waals surface area (Å²) in [5.74, 6) is -0.846. The summed E-state index contributed by atoms with van der Waals surface area (Å²) < 4.78 is 13.3. The number of rotatable bonds is 4. The summed E-state index contributed by atoms with van der Waals surface area (Å²) in [6, 6.07) is 0. The van der Waals surface area contributed by atoms with Gasteiger partial charge in [0.25, 0.3) is 5.56 Å². The third kappa shape index (κ3) is 5.48. The monoisotopic (exact) mass is 377 g/mol. The van der Waals surface area contributed by atoms with E-state index in [0.717, 1.165) is 25.5 Å². The molecule has 0 radical (unpaired) electrons. The number of primary amides is 1. The SMILES string of the molecule is CCC(N)=O.COC(=O)c1cn(-c2cnn(C3CCCCO3)c2)c(=O)cn1. The lowest BCUT2D eigenvalue weighted by Gasteiger charge is -2.22. The van der Waals surface area contributed by atoms with Gasteiger partial charge in [-0.3, -0.25) is 14.2 Å². The molecule has 10 nitrogen and oxygen atoms in total. The van der Waals surface area contributed by atoms with Gasteiger partial charge >= 0.3 is 5.97 Å². The smallest absolute Gasteiger partial charge is 0.358 e. The Kier molecular flexibility index (Phi) is 7.24. The zero-order chi connectivity index (χ0) is 19.8. The van der Waals surface area contributed by atoms with Gasteiger partial charge < -0.3 is 15.2 Å². The van der Waals surface area contributed by atoms with Crippen LogP contribution in [0.5, 0.6) is 0 Å². The van der Waals surface area contributed by atoms with Gasteiger partial charge in [0.15, 0.2) is 5.69 Å². The van der Waals surface area contributed by atoms with Crippen LogP contribution >= 0.6 is 0 Å². The molecule has 10 heteroatoms. The topological polar surface area (TPSA) is 131 Å². The van der Waals surface area contributed by atoms with Gasteiger partial charge in [0.2, 0.25) is 5.91 Å². The first-order valence-electron chi connectivity index (χ1n) is 8.57. The van der Waals surface area contributed by atoms with E-state index >= 15 is 0 Å². The first-order chi connectivity index (χ1) is 13.0. The molecule has 0 aliphatic carbocycles. The van der Waals surface area contributed by atoms with Crippen LogP contribution in [0.3, 0.4) is 0 Å². The predicted molar refractivity (Wildman–Crippen MR) is 95.3 cm³/mol. The fourth-order valence-electron chi connectivity index (χ4n) is 2.36. The summed E-state index contributed by atoms with van der Waals surface area (Å²) >= 11 is 0. The van der Waals surface area contributed by atoms with Gasteiger partial charge in [-0.25, -0.2) is 14.5 Å². The van der Waals surface area contributed by atoms with Crippen LogP contribution in [0, 0.1) is 0 Å². The van der Waals surface area contributed by atoms with Crippen molar-refractivity contribution in [1.82, 2.24) is 19.3 Å². The van der Waals surface area contributed by atoms with Gasteiger partial charge in [-0.05, 0) is 19.3 Å². The van der Waals surface area contributed by atoms with E-state index in [4.69, 9.17) is 4.74 Å². The van der Waals surface area contributed by atoms with Crippen LogP contribution in [0.1, 0.15) is 49.3 Å². The van der Waals surface area contributed by atoms with E-state index in [2.05, 4.69) is 20.6 Å². The number of aromatic nitrogens is 4. The molecule has 1 fully saturated rings. The van der Waals surface area contributed by atoms with Crippen LogP contribution in [0.25, 0.3) is 5.69 Å². The van der Waals surface area contributed by atoms with Gasteiger partial charge in [0.1, 0.15) is 6.23 Å². The van der Waals surface area contributed by atoms with E-state index in [1.54, 1.807) is 24.0 Å². The second-order valence-electron chi connectivity index (χ2n) is 5.79. The Bertz CT molecular complexity index is 838. The Morgan fingerprint density at radius 3 is 2.67 bits per heavy atom. The van der Waals surface area contributed by atoms with Crippen molar-refractivity contribution < 1.29 is 19.1 Å². The summed E-state index contributed by atoms with van der Waals surface area (Å²) in [7, 11) is 1.26. The molecule has 3 heterocycles. The number of carbonyl (C=O) groups excluding carboxylic acids is 2. The normalized spacial score (nSPS) is 16.1. The minimum absolute atomic E-state index is 0.0590. The molecule has 2 aromatic rings. The van der Waals surface area contributed by atoms with Crippen molar-refractivity contribution in [3.05, 3.63) is 40.8 Å². The van der Waals surface area contributed by atoms with Crippen molar-refractivity contribution in [2.24, 2.45) is 5.73 Å². The highest BCUT2D eigenvalue weighted by atomic mass is 16.5. The molecule has 2 aromatic heterocycles. The van der Waals surface area contributed by atoms with E-state index in [0.29, 0.717) is 18.7 Å². The fourth-order valence-corrected chi connectivity index (χ4v) is 2.36. The average molecular weight is 377 g/mol. The van der Waals surface area contributed by atoms with E-state index in [1.807, 2.05) is 0 Å². The average Bonchev–Trinajstić information content (AvgIpc) is 3.19. The Morgan fingerprint density at radius 1 is 1.33 bits per heavy atom. The van der Waals surface area contributed by atoms with Crippen LogP contribution in [0.4, 0.5) is 0 Å². The number of ether oxygens (including phenoxy) is 2. The Morgan fingerprint density at radius 2 is 2.07 bits per heavy atom. The third-order valence-electron chi connectivity index (χ3n) is 3.86. The third-order valence-corrected chi connectivity index (χ3v) is 3.86. The molecule has 27 heavy (non-hydrogen) atoms. The molecule has 1 amide bonds. The zero-order valence-electron chi connectivity index (χ0n) is 15.3. The number of esters is 1. The fraction of sp³-hybridized carbons (Fsp3) is 0.471. The quantitative estimate of drug-likeness (QED) is 0.779. The first-order valence-corrected chi connectivity index (χ1v) is 8.57. The number of nitrogens with two attached hydrogens (primary N) is 1. The lowest BCUT2D eigenvalue weighted by atomic mass is 10.2. The molecule has 2 N–H and O–H groups in total. The van der Waals surface area contributed by atoms with Crippen LogP contribution in [-0.4, -0.2) is 44.9 Å². The predicted octanol–water partition coefficient (Wildman–Crippen LogP) is 0.796. The molecule has 0 bridgehead atoms. The van der Waals surface area contributed by atoms with Gasteiger partial charge in [0.05, 0.1) is 31.4 Å². The van der Waals surface area contributed by atoms with E-state index < -0.39 is 5.97 Å². The van der Waals surface area contributed by atoms with Gasteiger partial charge in [0, 0.05) is 19.2 Å². The van der Waals surface area contributed by atoms with Gasteiger partial charge in [-0.15, -0.1) is 0 Å². The second kappa shape index (κ2) is 9.62. The van der Waals surface area contributed by atoms with Gasteiger partial charge in [-0.1, -0.05) is 6.92 Å². The number of hydrogen-bond donors (Lipinski definition) is 1. The van der Waals surface area contributed by atoms with Crippen LogP contribution in [-0.2, 0) is 14.3 Å². The summed E-state index contributed by atoms with van der Waals surface area (Å²) in [5, 5.41) is 4.25. The van der Waals surface area contributed by atoms with Gasteiger partial charge in [-0.2, -0.15) is 5.10 Å². The van der Waals surface area contributed by atoms with E-state index in [1.165, 1.54) is 17.9 Å². The van der Waals surface area contributed by atoms with Crippen molar-refractivity contribution >= 4 is 11.9 Å². The molecule has 1 unspecified atom stereocenters. The van der Waals surface area contributed by atoms with E-state index in [9.17, 15) is 14.4 Å². The molecular weight excluding hydrogens is 354 g/mol. The second-order valence-corrected chi connectivity index (χ2v) is 5.79. The Hall–Kier alpha value is -3.01. The minimum Gasteiger partial charge on any atom is -0.464 e. The highest BCUT2D eigenvalue weighted by Gasteiger charge is 2.17. The molecule has 1 atom stereocenters. The van der Waals surface area contributed by atoms with Crippen molar-refractivity contribution in [2.45, 2.75) is 38.8 Å².